The standard InChI is InChI=1S/C19H16ClN2S.ClH/c20-14-7-5-13(6-8-14)15-12-23-19-17(15)22-11-3-4-16(22)18(19)21-9-1-2-10-21;/h3-8,11-12H,1-2,9-10H2;1H/q+1;/p-1. The molecule has 0 radical (unpaired) electrons. The van der Waals surface area contributed by atoms with Gasteiger partial charge >= 0.3 is 0 Å². The predicted molar refractivity (Wildman–Crippen MR) is 96.5 cm³/mol. The monoisotopic (exact) mass is 374 g/mol. The lowest BCUT2D eigenvalue weighted by Crippen LogP contribution is -3.00. The van der Waals surface area contributed by atoms with Gasteiger partial charge < -0.3 is 17.0 Å². The molecule has 0 unspecified atom stereocenters. The Morgan fingerprint density at radius 3 is 2.54 bits per heavy atom. The highest BCUT2D eigenvalue weighted by Gasteiger charge is 2.36. The van der Waals surface area contributed by atoms with Gasteiger partial charge in [-0.2, -0.15) is 0 Å². The molecular weight excluding hydrogens is 359 g/mol. The average molecular weight is 375 g/mol. The number of rotatable bonds is 1. The molecule has 0 bridgehead atoms. The molecule has 1 saturated heterocycles. The zero-order valence-electron chi connectivity index (χ0n) is 13.0. The topological polar surface area (TPSA) is 7.94 Å². The fourth-order valence-corrected chi connectivity index (χ4v) is 5.00. The molecule has 2 aromatic heterocycles. The van der Waals surface area contributed by atoms with Crippen LogP contribution in [0.5, 0.6) is 0 Å². The van der Waals surface area contributed by atoms with Crippen LogP contribution in [-0.4, -0.2) is 27.9 Å². The van der Waals surface area contributed by atoms with E-state index in [1.807, 2.05) is 23.5 Å². The molecule has 0 saturated carbocycles. The van der Waals surface area contributed by atoms with E-state index in [0.29, 0.717) is 0 Å². The Kier molecular flexibility index (Phi) is 4.03. The second-order valence-corrected chi connectivity index (χ2v) is 7.46. The molecule has 2 aliphatic rings. The third kappa shape index (κ3) is 2.26. The highest BCUT2D eigenvalue weighted by atomic mass is 35.5. The number of halogens is 2. The second kappa shape index (κ2) is 6.07. The summed E-state index contributed by atoms with van der Waals surface area (Å²) in [5.74, 6) is 0. The normalized spacial score (nSPS) is 15.4. The minimum absolute atomic E-state index is 0. The van der Waals surface area contributed by atoms with Crippen LogP contribution in [0, 0.1) is 0 Å². The quantitative estimate of drug-likeness (QED) is 0.449. The Morgan fingerprint density at radius 1 is 1.04 bits per heavy atom. The van der Waals surface area contributed by atoms with Crippen LogP contribution < -0.4 is 12.4 Å². The first-order chi connectivity index (χ1) is 11.3. The lowest BCUT2D eigenvalue weighted by Gasteiger charge is -2.04. The van der Waals surface area contributed by atoms with Crippen LogP contribution in [0.4, 0.5) is 0 Å². The van der Waals surface area contributed by atoms with Gasteiger partial charge in [-0.25, -0.2) is 4.58 Å². The van der Waals surface area contributed by atoms with E-state index in [-0.39, 0.29) is 12.4 Å². The van der Waals surface area contributed by atoms with Crippen LogP contribution in [0.3, 0.4) is 0 Å². The molecule has 2 nitrogen and oxygen atoms in total. The van der Waals surface area contributed by atoms with E-state index < -0.39 is 0 Å². The van der Waals surface area contributed by atoms with Crippen LogP contribution in [0.1, 0.15) is 23.4 Å². The number of nitrogens with zero attached hydrogens (tertiary/aromatic N) is 2. The molecule has 3 aromatic rings. The lowest BCUT2D eigenvalue weighted by atomic mass is 10.1. The molecular formula is C19H16Cl2N2S. The lowest BCUT2D eigenvalue weighted by molar-refractivity contribution is -0.504. The molecule has 5 heteroatoms. The maximum absolute atomic E-state index is 6.05. The molecule has 0 spiro atoms. The Morgan fingerprint density at radius 2 is 1.79 bits per heavy atom. The highest BCUT2D eigenvalue weighted by Crippen LogP contribution is 2.41. The Labute approximate surface area is 156 Å². The van der Waals surface area contributed by atoms with Crippen molar-refractivity contribution in [3.05, 3.63) is 63.6 Å². The molecule has 1 aromatic carbocycles. The summed E-state index contributed by atoms with van der Waals surface area (Å²) in [5.41, 5.74) is 6.62. The number of hydrogen-bond donors (Lipinski definition) is 0. The van der Waals surface area contributed by atoms with Crippen molar-refractivity contribution in [3.63, 3.8) is 0 Å². The minimum atomic E-state index is 0. The summed E-state index contributed by atoms with van der Waals surface area (Å²) in [5, 5.41) is 3.07. The van der Waals surface area contributed by atoms with E-state index in [1.165, 1.54) is 59.0 Å². The fraction of sp³-hybridized carbons (Fsp3) is 0.211. The maximum Gasteiger partial charge on any atom is 0.243 e. The van der Waals surface area contributed by atoms with Crippen molar-refractivity contribution in [1.29, 1.82) is 0 Å². The van der Waals surface area contributed by atoms with Crippen molar-refractivity contribution in [2.45, 2.75) is 12.8 Å². The summed E-state index contributed by atoms with van der Waals surface area (Å²) in [6.07, 6.45) is 4.79. The molecule has 5 rings (SSSR count). The number of hydrogen-bond acceptors (Lipinski definition) is 1. The van der Waals surface area contributed by atoms with E-state index in [9.17, 15) is 0 Å². The minimum Gasteiger partial charge on any atom is -1.00 e. The Bertz CT molecular complexity index is 927. The first kappa shape index (κ1) is 15.9. The summed E-state index contributed by atoms with van der Waals surface area (Å²) in [7, 11) is 0. The van der Waals surface area contributed by atoms with Gasteiger partial charge in [0.15, 0.2) is 0 Å². The third-order valence-corrected chi connectivity index (χ3v) is 6.02. The van der Waals surface area contributed by atoms with Gasteiger partial charge in [0.2, 0.25) is 5.71 Å². The Balaban J connectivity index is 0.00000146. The van der Waals surface area contributed by atoms with Crippen LogP contribution in [-0.2, 0) is 0 Å². The summed E-state index contributed by atoms with van der Waals surface area (Å²) in [6.45, 7) is 2.35. The summed E-state index contributed by atoms with van der Waals surface area (Å²) in [4.78, 5) is 1.41. The van der Waals surface area contributed by atoms with Gasteiger partial charge in [-0.1, -0.05) is 23.7 Å². The molecule has 4 heterocycles. The fourth-order valence-electron chi connectivity index (χ4n) is 3.72. The zero-order chi connectivity index (χ0) is 15.4. The third-order valence-electron chi connectivity index (χ3n) is 4.79. The van der Waals surface area contributed by atoms with E-state index in [1.54, 1.807) is 0 Å². The van der Waals surface area contributed by atoms with Crippen LogP contribution >= 0.6 is 22.9 Å². The number of benzene rings is 1. The van der Waals surface area contributed by atoms with Crippen LogP contribution in [0.25, 0.3) is 16.8 Å². The molecule has 2 aliphatic heterocycles. The van der Waals surface area contributed by atoms with Crippen molar-refractivity contribution in [3.8, 4) is 16.8 Å². The molecule has 0 atom stereocenters. The Hall–Kier alpha value is -1.55. The van der Waals surface area contributed by atoms with Crippen LogP contribution in [0.15, 0.2) is 48.0 Å². The predicted octanol–water partition coefficient (Wildman–Crippen LogP) is 1.82. The second-order valence-electron chi connectivity index (χ2n) is 6.14. The molecule has 122 valence electrons. The van der Waals surface area contributed by atoms with Crippen molar-refractivity contribution >= 4 is 28.6 Å². The van der Waals surface area contributed by atoms with Gasteiger partial charge in [0.25, 0.3) is 0 Å². The molecule has 24 heavy (non-hydrogen) atoms. The highest BCUT2D eigenvalue weighted by molar-refractivity contribution is 7.13. The zero-order valence-corrected chi connectivity index (χ0v) is 15.3. The van der Waals surface area contributed by atoms with Crippen molar-refractivity contribution < 1.29 is 17.0 Å². The van der Waals surface area contributed by atoms with Crippen molar-refractivity contribution in [2.75, 3.05) is 13.1 Å². The van der Waals surface area contributed by atoms with Gasteiger partial charge in [0.05, 0.1) is 5.69 Å². The molecule has 0 aliphatic carbocycles. The number of fused-ring (bicyclic) bond motifs is 3. The largest absolute Gasteiger partial charge is 1.00 e. The van der Waals surface area contributed by atoms with Crippen molar-refractivity contribution in [2.24, 2.45) is 0 Å². The first-order valence-corrected chi connectivity index (χ1v) is 9.26. The summed E-state index contributed by atoms with van der Waals surface area (Å²) < 4.78 is 4.91. The number of thiophene rings is 1. The van der Waals surface area contributed by atoms with E-state index in [4.69, 9.17) is 11.6 Å². The van der Waals surface area contributed by atoms with Crippen molar-refractivity contribution in [1.82, 2.24) is 4.57 Å². The molecule has 1 fully saturated rings. The number of aromatic nitrogens is 1. The van der Waals surface area contributed by atoms with Gasteiger partial charge in [-0.05, 0) is 29.8 Å². The smallest absolute Gasteiger partial charge is 0.243 e. The average Bonchev–Trinajstić information content (AvgIpc) is 3.30. The summed E-state index contributed by atoms with van der Waals surface area (Å²) in [6, 6.07) is 12.6. The first-order valence-electron chi connectivity index (χ1n) is 8.01. The van der Waals surface area contributed by atoms with E-state index in [0.717, 1.165) is 5.02 Å². The van der Waals surface area contributed by atoms with Gasteiger partial charge in [0, 0.05) is 35.0 Å². The summed E-state index contributed by atoms with van der Waals surface area (Å²) >= 11 is 7.91. The SMILES string of the molecule is Clc1ccc(-c2csc3c2-n2cccc2C3=[N+]2CCCC2)cc1.[Cl-]. The van der Waals surface area contributed by atoms with E-state index >= 15 is 0 Å². The molecule has 0 amide bonds. The van der Waals surface area contributed by atoms with E-state index in [2.05, 4.69) is 45.0 Å². The van der Waals surface area contributed by atoms with Crippen LogP contribution in [0.2, 0.25) is 5.02 Å². The van der Waals surface area contributed by atoms with Gasteiger partial charge in [0.1, 0.15) is 23.7 Å². The molecule has 0 N–H and O–H groups in total. The van der Waals surface area contributed by atoms with Gasteiger partial charge in [-0.15, -0.1) is 11.3 Å². The maximum atomic E-state index is 6.05. The van der Waals surface area contributed by atoms with Gasteiger partial charge in [-0.3, -0.25) is 0 Å².